The topological polar surface area (TPSA) is 108 Å². The Bertz CT molecular complexity index is 1160. The summed E-state index contributed by atoms with van der Waals surface area (Å²) < 4.78 is 1.28. The van der Waals surface area contributed by atoms with Crippen LogP contribution in [0.5, 0.6) is 0 Å². The molecule has 3 aromatic heterocycles. The molecule has 0 amide bonds. The minimum atomic E-state index is 0.223. The maximum atomic E-state index is 7.78. The molecule has 5 N–H and O–H groups in total. The normalized spacial score (nSPS) is 10.8. The van der Waals surface area contributed by atoms with Gasteiger partial charge in [0.1, 0.15) is 11.3 Å². The number of aromatic nitrogens is 4. The molecule has 0 atom stereocenters. The molecule has 0 bridgehead atoms. The van der Waals surface area contributed by atoms with Gasteiger partial charge in [-0.2, -0.15) is 0 Å². The van der Waals surface area contributed by atoms with Gasteiger partial charge in [0.2, 0.25) is 0 Å². The third kappa shape index (κ3) is 3.64. The number of imidazole rings is 1. The first-order valence-electron chi connectivity index (χ1n) is 8.95. The third-order valence-electron chi connectivity index (χ3n) is 4.38. The highest BCUT2D eigenvalue weighted by Crippen LogP contribution is 2.28. The predicted molar refractivity (Wildman–Crippen MR) is 110 cm³/mol. The minimum Gasteiger partial charge on any atom is -0.378 e. The van der Waals surface area contributed by atoms with Gasteiger partial charge in [0.05, 0.1) is 23.6 Å². The van der Waals surface area contributed by atoms with Gasteiger partial charge >= 0.3 is 0 Å². The van der Waals surface area contributed by atoms with Gasteiger partial charge < -0.3 is 16.1 Å². The van der Waals surface area contributed by atoms with E-state index in [1.54, 1.807) is 12.3 Å². The van der Waals surface area contributed by atoms with Gasteiger partial charge in [-0.15, -0.1) is 0 Å². The average molecular weight is 371 g/mol. The van der Waals surface area contributed by atoms with Crippen LogP contribution in [-0.2, 0) is 6.54 Å². The van der Waals surface area contributed by atoms with Crippen LogP contribution in [0, 0.1) is 12.3 Å². The summed E-state index contributed by atoms with van der Waals surface area (Å²) in [6.07, 6.45) is 1.70. The van der Waals surface area contributed by atoms with Gasteiger partial charge in [-0.25, -0.2) is 4.98 Å². The van der Waals surface area contributed by atoms with Gasteiger partial charge in [-0.3, -0.25) is 15.1 Å². The lowest BCUT2D eigenvalue weighted by atomic mass is 10.1. The summed E-state index contributed by atoms with van der Waals surface area (Å²) in [7, 11) is 0. The quantitative estimate of drug-likeness (QED) is 0.404. The molecular weight excluding hydrogens is 350 g/mol. The van der Waals surface area contributed by atoms with E-state index in [2.05, 4.69) is 15.3 Å². The summed E-state index contributed by atoms with van der Waals surface area (Å²) in [5.41, 5.74) is 5.38. The van der Waals surface area contributed by atoms with Crippen molar-refractivity contribution in [3.8, 4) is 22.6 Å². The van der Waals surface area contributed by atoms with E-state index in [-0.39, 0.29) is 5.49 Å². The lowest BCUT2D eigenvalue weighted by Gasteiger charge is -2.05. The molecule has 0 radical (unpaired) electrons. The molecule has 0 aliphatic rings. The van der Waals surface area contributed by atoms with E-state index in [4.69, 9.17) is 16.2 Å². The molecule has 0 aliphatic heterocycles. The van der Waals surface area contributed by atoms with Crippen LogP contribution in [0.2, 0.25) is 0 Å². The van der Waals surface area contributed by atoms with Crippen LogP contribution < -0.4 is 16.6 Å². The summed E-state index contributed by atoms with van der Waals surface area (Å²) in [5, 5.41) is 11.1. The van der Waals surface area contributed by atoms with E-state index in [1.165, 1.54) is 4.68 Å². The Balaban J connectivity index is 1.75. The largest absolute Gasteiger partial charge is 0.378 e. The molecule has 0 saturated carbocycles. The SMILES string of the molecule is Cc1cccc(-c2[nH]c(CNc3ccccc3)nc2-c2ccc(=N)n(N)c2)n1. The Morgan fingerprint density at radius 2 is 1.86 bits per heavy atom. The second-order valence-electron chi connectivity index (χ2n) is 6.50. The van der Waals surface area contributed by atoms with Crippen molar-refractivity contribution in [1.29, 1.82) is 5.41 Å². The van der Waals surface area contributed by atoms with Crippen molar-refractivity contribution in [3.05, 3.63) is 83.9 Å². The van der Waals surface area contributed by atoms with Crippen molar-refractivity contribution in [3.63, 3.8) is 0 Å². The summed E-state index contributed by atoms with van der Waals surface area (Å²) in [5.74, 6) is 6.66. The Morgan fingerprint density at radius 1 is 1.04 bits per heavy atom. The van der Waals surface area contributed by atoms with Crippen LogP contribution in [0.4, 0.5) is 5.69 Å². The predicted octanol–water partition coefficient (Wildman–Crippen LogP) is 3.05. The highest BCUT2D eigenvalue weighted by atomic mass is 15.3. The summed E-state index contributed by atoms with van der Waals surface area (Å²) >= 11 is 0. The number of aryl methyl sites for hydroxylation is 1. The minimum absolute atomic E-state index is 0.223. The highest BCUT2D eigenvalue weighted by Gasteiger charge is 2.16. The summed E-state index contributed by atoms with van der Waals surface area (Å²) in [6.45, 7) is 2.50. The molecule has 3 heterocycles. The van der Waals surface area contributed by atoms with Gasteiger partial charge in [-0.05, 0) is 43.3 Å². The highest BCUT2D eigenvalue weighted by molar-refractivity contribution is 5.76. The molecule has 28 heavy (non-hydrogen) atoms. The number of nitrogens with zero attached hydrogens (tertiary/aromatic N) is 3. The van der Waals surface area contributed by atoms with Crippen LogP contribution in [0.1, 0.15) is 11.5 Å². The first-order chi connectivity index (χ1) is 13.6. The van der Waals surface area contributed by atoms with Crippen LogP contribution in [0.3, 0.4) is 0 Å². The number of hydrogen-bond donors (Lipinski definition) is 4. The van der Waals surface area contributed by atoms with Gasteiger partial charge in [0.15, 0.2) is 0 Å². The fourth-order valence-electron chi connectivity index (χ4n) is 2.98. The van der Waals surface area contributed by atoms with E-state index in [1.807, 2.05) is 61.5 Å². The Hall–Kier alpha value is -3.87. The number of pyridine rings is 2. The van der Waals surface area contributed by atoms with E-state index in [9.17, 15) is 0 Å². The number of para-hydroxylation sites is 1. The van der Waals surface area contributed by atoms with Crippen LogP contribution in [-0.4, -0.2) is 19.6 Å². The standard InChI is InChI=1S/C21H21N7/c1-14-6-5-9-17(25-14)21-20(15-10-11-18(22)28(23)13-15)26-19(27-21)12-24-16-7-3-2-4-8-16/h2-11,13,22,24H,12,23H2,1H3,(H,26,27). The van der Waals surface area contributed by atoms with E-state index in [0.29, 0.717) is 6.54 Å². The van der Waals surface area contributed by atoms with Crippen LogP contribution >= 0.6 is 0 Å². The number of nitrogen functional groups attached to an aromatic ring is 1. The molecule has 140 valence electrons. The van der Waals surface area contributed by atoms with Crippen LogP contribution in [0.15, 0.2) is 66.9 Å². The van der Waals surface area contributed by atoms with E-state index >= 15 is 0 Å². The molecule has 1 aromatic carbocycles. The maximum absolute atomic E-state index is 7.78. The van der Waals surface area contributed by atoms with Gasteiger partial charge in [-0.1, -0.05) is 24.3 Å². The second kappa shape index (κ2) is 7.40. The number of nitrogens with two attached hydrogens (primary N) is 1. The summed E-state index contributed by atoms with van der Waals surface area (Å²) in [6, 6.07) is 19.4. The molecule has 7 nitrogen and oxygen atoms in total. The molecule has 4 aromatic rings. The molecule has 0 unspecified atom stereocenters. The zero-order chi connectivity index (χ0) is 19.5. The lowest BCUT2D eigenvalue weighted by Crippen LogP contribution is -2.25. The van der Waals surface area contributed by atoms with Gasteiger partial charge in [0.25, 0.3) is 0 Å². The number of rotatable bonds is 5. The van der Waals surface area contributed by atoms with Crippen molar-refractivity contribution in [2.75, 3.05) is 11.2 Å². The average Bonchev–Trinajstić information content (AvgIpc) is 3.14. The molecule has 7 heteroatoms. The first-order valence-corrected chi connectivity index (χ1v) is 8.95. The number of H-pyrrole nitrogens is 1. The number of anilines is 1. The fraction of sp³-hybridized carbons (Fsp3) is 0.0952. The van der Waals surface area contributed by atoms with Gasteiger partial charge in [0, 0.05) is 23.1 Å². The Kier molecular flexibility index (Phi) is 4.63. The Morgan fingerprint density at radius 3 is 2.61 bits per heavy atom. The first kappa shape index (κ1) is 17.5. The van der Waals surface area contributed by atoms with Crippen molar-refractivity contribution < 1.29 is 0 Å². The zero-order valence-electron chi connectivity index (χ0n) is 15.5. The maximum Gasteiger partial charge on any atom is 0.143 e. The molecular formula is C21H21N7. The van der Waals surface area contributed by atoms with Crippen molar-refractivity contribution in [2.45, 2.75) is 13.5 Å². The number of benzene rings is 1. The second-order valence-corrected chi connectivity index (χ2v) is 6.50. The van der Waals surface area contributed by atoms with Crippen molar-refractivity contribution in [1.82, 2.24) is 19.6 Å². The van der Waals surface area contributed by atoms with E-state index < -0.39 is 0 Å². The smallest absolute Gasteiger partial charge is 0.143 e. The molecule has 4 rings (SSSR count). The molecule has 0 fully saturated rings. The van der Waals surface area contributed by atoms with Crippen LogP contribution in [0.25, 0.3) is 22.6 Å². The number of aromatic amines is 1. The number of nitrogens with one attached hydrogen (secondary N) is 3. The van der Waals surface area contributed by atoms with Crippen molar-refractivity contribution in [2.24, 2.45) is 0 Å². The molecule has 0 spiro atoms. The lowest BCUT2D eigenvalue weighted by molar-refractivity contribution is 0.881. The molecule has 0 aliphatic carbocycles. The zero-order valence-corrected chi connectivity index (χ0v) is 15.5. The van der Waals surface area contributed by atoms with Crippen molar-refractivity contribution >= 4 is 5.69 Å². The van der Waals surface area contributed by atoms with E-state index in [0.717, 1.165) is 39.9 Å². The monoisotopic (exact) mass is 371 g/mol. The summed E-state index contributed by atoms with van der Waals surface area (Å²) in [4.78, 5) is 12.8. The third-order valence-corrected chi connectivity index (χ3v) is 4.38. The fourth-order valence-corrected chi connectivity index (χ4v) is 2.98. The molecule has 0 saturated heterocycles. The Labute approximate surface area is 162 Å². The number of hydrogen-bond acceptors (Lipinski definition) is 5.